The predicted octanol–water partition coefficient (Wildman–Crippen LogP) is 6.00. The van der Waals surface area contributed by atoms with Crippen LogP contribution in [0.2, 0.25) is 0 Å². The maximum Gasteiger partial charge on any atom is 0.339 e. The number of anilines is 2. The average Bonchev–Trinajstić information content (AvgIpc) is 2.88. The molecule has 0 spiro atoms. The van der Waals surface area contributed by atoms with Crippen molar-refractivity contribution in [2.45, 2.75) is 23.6 Å². The molecular formula is C26H22N4NaO8S2. The minimum Gasteiger partial charge on any atom is -0.379 e. The number of azo groups is 1. The molecule has 4 aromatic carbocycles. The summed E-state index contributed by atoms with van der Waals surface area (Å²) in [4.78, 5) is 10.1. The van der Waals surface area contributed by atoms with E-state index >= 15 is 0 Å². The number of nitro benzene ring substituents is 1. The van der Waals surface area contributed by atoms with E-state index in [2.05, 4.69) is 15.5 Å². The van der Waals surface area contributed by atoms with Gasteiger partial charge in [-0.05, 0) is 86.1 Å². The Labute approximate surface area is 258 Å². The Morgan fingerprint density at radius 2 is 1.46 bits per heavy atom. The second-order valence-electron chi connectivity index (χ2n) is 8.58. The zero-order valence-corrected chi connectivity index (χ0v) is 25.7. The van der Waals surface area contributed by atoms with Crippen LogP contribution >= 0.6 is 0 Å². The molecule has 0 fully saturated rings. The van der Waals surface area contributed by atoms with E-state index in [4.69, 9.17) is 8.74 Å². The normalized spacial score (nSPS) is 11.6. The number of nitrogens with one attached hydrogen (secondary N) is 1. The molecule has 0 bridgehead atoms. The Bertz CT molecular complexity index is 1830. The van der Waals surface area contributed by atoms with E-state index in [0.29, 0.717) is 22.6 Å². The van der Waals surface area contributed by atoms with Crippen LogP contribution in [0.4, 0.5) is 28.4 Å². The quantitative estimate of drug-likeness (QED) is 0.0578. The summed E-state index contributed by atoms with van der Waals surface area (Å²) in [7, 11) is -8.59. The third kappa shape index (κ3) is 8.19. The van der Waals surface area contributed by atoms with Crippen LogP contribution in [-0.4, -0.2) is 55.9 Å². The first-order valence-electron chi connectivity index (χ1n) is 11.5. The van der Waals surface area contributed by atoms with Gasteiger partial charge in [-0.25, -0.2) is 0 Å². The van der Waals surface area contributed by atoms with Crippen molar-refractivity contribution in [1.29, 1.82) is 0 Å². The molecular weight excluding hydrogens is 583 g/mol. The maximum atomic E-state index is 12.5. The van der Waals surface area contributed by atoms with Gasteiger partial charge in [-0.2, -0.15) is 27.1 Å². The number of aryl methyl sites for hydroxylation is 2. The van der Waals surface area contributed by atoms with Crippen molar-refractivity contribution in [2.75, 3.05) is 5.32 Å². The van der Waals surface area contributed by atoms with Crippen LogP contribution in [0.25, 0.3) is 0 Å². The van der Waals surface area contributed by atoms with Crippen LogP contribution in [-0.2, 0) is 20.2 Å². The first-order chi connectivity index (χ1) is 18.8. The second-order valence-corrected chi connectivity index (χ2v) is 11.5. The molecule has 4 rings (SSSR count). The minimum atomic E-state index is -4.60. The van der Waals surface area contributed by atoms with Crippen molar-refractivity contribution in [3.63, 3.8) is 0 Å². The van der Waals surface area contributed by atoms with Gasteiger partial charge in [0.15, 0.2) is 0 Å². The van der Waals surface area contributed by atoms with Crippen LogP contribution in [0.3, 0.4) is 0 Å². The Kier molecular flexibility index (Phi) is 10.0. The molecule has 41 heavy (non-hydrogen) atoms. The van der Waals surface area contributed by atoms with Gasteiger partial charge >= 0.3 is 10.1 Å². The molecule has 0 heterocycles. The SMILES string of the molecule is Cc1ccc(S(=O)(=O)Oc2ccc(N=Nc3ccc(Nc4ccc(S(=O)(=O)O)cc4[N+](=O)[O-])cc3)c(C)c2)cc1.[Na]. The summed E-state index contributed by atoms with van der Waals surface area (Å²) < 4.78 is 62.0. The van der Waals surface area contributed by atoms with Crippen molar-refractivity contribution in [2.24, 2.45) is 10.2 Å². The summed E-state index contributed by atoms with van der Waals surface area (Å²) in [6, 6.07) is 20.3. The molecule has 0 aliphatic rings. The monoisotopic (exact) mass is 605 g/mol. The van der Waals surface area contributed by atoms with E-state index in [9.17, 15) is 26.9 Å². The fraction of sp³-hybridized carbons (Fsp3) is 0.0769. The third-order valence-corrected chi connectivity index (χ3v) is 7.68. The Hall–Kier alpha value is -3.66. The number of benzene rings is 4. The first-order valence-corrected chi connectivity index (χ1v) is 14.3. The van der Waals surface area contributed by atoms with Gasteiger partial charge in [0.25, 0.3) is 15.8 Å². The molecule has 0 saturated carbocycles. The molecule has 0 aliphatic carbocycles. The van der Waals surface area contributed by atoms with Crippen LogP contribution in [0.5, 0.6) is 5.75 Å². The molecule has 207 valence electrons. The summed E-state index contributed by atoms with van der Waals surface area (Å²) in [6.07, 6.45) is 0. The molecule has 0 amide bonds. The van der Waals surface area contributed by atoms with Crippen molar-refractivity contribution >= 4 is 78.2 Å². The van der Waals surface area contributed by atoms with E-state index in [1.54, 1.807) is 49.4 Å². The minimum absolute atomic E-state index is 0. The van der Waals surface area contributed by atoms with Crippen LogP contribution in [0.15, 0.2) is 105 Å². The average molecular weight is 606 g/mol. The summed E-state index contributed by atoms with van der Waals surface area (Å²) in [5, 5.41) is 22.6. The number of hydrogen-bond acceptors (Lipinski definition) is 10. The fourth-order valence-corrected chi connectivity index (χ4v) is 4.90. The van der Waals surface area contributed by atoms with Crippen molar-refractivity contribution < 1.29 is 30.5 Å². The van der Waals surface area contributed by atoms with Gasteiger partial charge in [-0.15, -0.1) is 0 Å². The largest absolute Gasteiger partial charge is 0.379 e. The smallest absolute Gasteiger partial charge is 0.339 e. The summed E-state index contributed by atoms with van der Waals surface area (Å²) >= 11 is 0. The zero-order chi connectivity index (χ0) is 29.1. The van der Waals surface area contributed by atoms with E-state index in [1.807, 2.05) is 6.92 Å². The van der Waals surface area contributed by atoms with E-state index in [-0.39, 0.29) is 45.9 Å². The van der Waals surface area contributed by atoms with Gasteiger partial charge < -0.3 is 9.50 Å². The molecule has 2 N–H and O–H groups in total. The van der Waals surface area contributed by atoms with Gasteiger partial charge in [0.05, 0.1) is 16.3 Å². The summed E-state index contributed by atoms with van der Waals surface area (Å²) in [6.45, 7) is 3.58. The Balaban J connectivity index is 0.00000462. The molecule has 0 atom stereocenters. The van der Waals surface area contributed by atoms with Gasteiger partial charge in [0.1, 0.15) is 21.2 Å². The molecule has 12 nitrogen and oxygen atoms in total. The Morgan fingerprint density at radius 1 is 0.829 bits per heavy atom. The maximum absolute atomic E-state index is 12.5. The number of hydrogen-bond donors (Lipinski definition) is 2. The summed E-state index contributed by atoms with van der Waals surface area (Å²) in [5.74, 6) is 0.131. The molecule has 0 saturated heterocycles. The van der Waals surface area contributed by atoms with Gasteiger partial charge in [-0.3, -0.25) is 14.7 Å². The van der Waals surface area contributed by atoms with Crippen molar-refractivity contribution in [3.8, 4) is 5.75 Å². The third-order valence-electron chi connectivity index (χ3n) is 5.57. The van der Waals surface area contributed by atoms with Crippen LogP contribution in [0.1, 0.15) is 11.1 Å². The molecule has 0 unspecified atom stereocenters. The van der Waals surface area contributed by atoms with Gasteiger partial charge in [-0.1, -0.05) is 17.7 Å². The number of rotatable bonds is 9. The van der Waals surface area contributed by atoms with Crippen LogP contribution in [0, 0.1) is 24.0 Å². The molecule has 15 heteroatoms. The van der Waals surface area contributed by atoms with Gasteiger partial charge in [0, 0.05) is 41.3 Å². The number of nitrogens with zero attached hydrogens (tertiary/aromatic N) is 3. The van der Waals surface area contributed by atoms with Gasteiger partial charge in [0.2, 0.25) is 0 Å². The molecule has 0 aliphatic heterocycles. The Morgan fingerprint density at radius 3 is 2.05 bits per heavy atom. The fourth-order valence-electron chi connectivity index (χ4n) is 3.48. The predicted molar refractivity (Wildman–Crippen MR) is 153 cm³/mol. The summed E-state index contributed by atoms with van der Waals surface area (Å²) in [5.41, 5.74) is 2.43. The van der Waals surface area contributed by atoms with Crippen molar-refractivity contribution in [1.82, 2.24) is 0 Å². The second kappa shape index (κ2) is 12.9. The zero-order valence-electron chi connectivity index (χ0n) is 22.0. The van der Waals surface area contributed by atoms with Crippen LogP contribution < -0.4 is 9.50 Å². The molecule has 1 radical (unpaired) electrons. The van der Waals surface area contributed by atoms with E-state index < -0.39 is 35.7 Å². The first kappa shape index (κ1) is 31.9. The standard InChI is InChI=1S/C26H22N4O8S2.Na/c1-17-3-10-22(11-4-17)40(36,37)38-21-9-13-24(18(2)15-21)29-28-20-7-5-19(6-8-20)27-25-14-12-23(39(33,34)35)16-26(25)30(31)32;/h3-16,27H,1-2H3,(H,33,34,35);. The topological polar surface area (TPSA) is 178 Å². The van der Waals surface area contributed by atoms with Crippen molar-refractivity contribution in [3.05, 3.63) is 106 Å². The molecule has 4 aromatic rings. The molecule has 0 aromatic heterocycles. The van der Waals surface area contributed by atoms with E-state index in [1.165, 1.54) is 30.3 Å². The van der Waals surface area contributed by atoms with E-state index in [0.717, 1.165) is 17.7 Å². The number of nitro groups is 1.